The van der Waals surface area contributed by atoms with Crippen LogP contribution in [0.15, 0.2) is 12.7 Å². The molecule has 0 aromatic rings. The summed E-state index contributed by atoms with van der Waals surface area (Å²) in [6.45, 7) is 7.77. The molecular formula is C10H18O2. The van der Waals surface area contributed by atoms with E-state index in [0.717, 1.165) is 12.8 Å². The summed E-state index contributed by atoms with van der Waals surface area (Å²) in [4.78, 5) is 10.6. The molecule has 0 saturated heterocycles. The van der Waals surface area contributed by atoms with E-state index < -0.39 is 5.97 Å². The molecular weight excluding hydrogens is 152 g/mol. The molecule has 12 heavy (non-hydrogen) atoms. The van der Waals surface area contributed by atoms with E-state index in [1.165, 1.54) is 6.08 Å². The summed E-state index contributed by atoms with van der Waals surface area (Å²) in [5.41, 5.74) is 0. The van der Waals surface area contributed by atoms with Gasteiger partial charge >= 0.3 is 5.97 Å². The molecule has 0 aromatic carbocycles. The number of hydrogen-bond donors (Lipinski definition) is 1. The van der Waals surface area contributed by atoms with Crippen LogP contribution in [0.1, 0.15) is 33.1 Å². The van der Waals surface area contributed by atoms with Crippen LogP contribution in [0, 0.1) is 11.8 Å². The molecule has 0 heterocycles. The zero-order chi connectivity index (χ0) is 9.56. The van der Waals surface area contributed by atoms with Crippen molar-refractivity contribution in [3.63, 3.8) is 0 Å². The molecule has 1 N–H and O–H groups in total. The van der Waals surface area contributed by atoms with E-state index in [1.54, 1.807) is 0 Å². The minimum Gasteiger partial charge on any atom is -0.481 e. The number of rotatable bonds is 6. The van der Waals surface area contributed by atoms with E-state index in [2.05, 4.69) is 20.4 Å². The third kappa shape index (κ3) is 4.16. The Labute approximate surface area is 74.3 Å². The fourth-order valence-corrected chi connectivity index (χ4v) is 1.01. The second-order valence-electron chi connectivity index (χ2n) is 3.27. The Bertz CT molecular complexity index is 152. The van der Waals surface area contributed by atoms with Gasteiger partial charge in [-0.25, -0.2) is 0 Å². The average molecular weight is 170 g/mol. The van der Waals surface area contributed by atoms with Gasteiger partial charge in [-0.1, -0.05) is 26.3 Å². The third-order valence-corrected chi connectivity index (χ3v) is 2.27. The van der Waals surface area contributed by atoms with Gasteiger partial charge in [0.15, 0.2) is 0 Å². The molecule has 0 radical (unpaired) electrons. The maximum Gasteiger partial charge on any atom is 0.310 e. The van der Waals surface area contributed by atoms with Crippen molar-refractivity contribution in [2.45, 2.75) is 33.1 Å². The van der Waals surface area contributed by atoms with Crippen LogP contribution in [-0.2, 0) is 4.79 Å². The Kier molecular flexibility index (Phi) is 5.43. The summed E-state index contributed by atoms with van der Waals surface area (Å²) in [6.07, 6.45) is 4.32. The van der Waals surface area contributed by atoms with Crippen molar-refractivity contribution in [3.8, 4) is 0 Å². The predicted molar refractivity (Wildman–Crippen MR) is 50.0 cm³/mol. The van der Waals surface area contributed by atoms with Gasteiger partial charge in [-0.05, 0) is 18.8 Å². The van der Waals surface area contributed by atoms with Gasteiger partial charge < -0.3 is 5.11 Å². The molecule has 70 valence electrons. The van der Waals surface area contributed by atoms with Crippen LogP contribution < -0.4 is 0 Å². The van der Waals surface area contributed by atoms with Crippen LogP contribution in [0.2, 0.25) is 0 Å². The Morgan fingerprint density at radius 3 is 2.50 bits per heavy atom. The van der Waals surface area contributed by atoms with E-state index >= 15 is 0 Å². The van der Waals surface area contributed by atoms with Gasteiger partial charge in [0.25, 0.3) is 0 Å². The quantitative estimate of drug-likeness (QED) is 0.622. The number of carbonyl (C=O) groups is 1. The number of carboxylic acids is 1. The number of aliphatic carboxylic acids is 1. The van der Waals surface area contributed by atoms with E-state index in [-0.39, 0.29) is 5.92 Å². The predicted octanol–water partition coefficient (Wildman–Crippen LogP) is 2.70. The van der Waals surface area contributed by atoms with Crippen LogP contribution in [0.3, 0.4) is 0 Å². The molecule has 0 aliphatic rings. The minimum atomic E-state index is -0.756. The lowest BCUT2D eigenvalue weighted by molar-refractivity contribution is -0.140. The SMILES string of the molecule is C=CC(CCC(C)CC)C(=O)O. The van der Waals surface area contributed by atoms with Crippen molar-refractivity contribution in [3.05, 3.63) is 12.7 Å². The van der Waals surface area contributed by atoms with Crippen molar-refractivity contribution >= 4 is 5.97 Å². The fourth-order valence-electron chi connectivity index (χ4n) is 1.01. The molecule has 2 atom stereocenters. The van der Waals surface area contributed by atoms with Crippen LogP contribution in [0.25, 0.3) is 0 Å². The van der Waals surface area contributed by atoms with Crippen molar-refractivity contribution in [2.24, 2.45) is 11.8 Å². The lowest BCUT2D eigenvalue weighted by atomic mass is 9.95. The summed E-state index contributed by atoms with van der Waals surface area (Å²) in [6, 6.07) is 0. The lowest BCUT2D eigenvalue weighted by Gasteiger charge is -2.10. The van der Waals surface area contributed by atoms with Gasteiger partial charge in [0.1, 0.15) is 0 Å². The van der Waals surface area contributed by atoms with Gasteiger partial charge in [-0.15, -0.1) is 6.58 Å². The first-order valence-electron chi connectivity index (χ1n) is 4.47. The molecule has 0 aliphatic carbocycles. The Morgan fingerprint density at radius 1 is 1.58 bits per heavy atom. The van der Waals surface area contributed by atoms with E-state index in [9.17, 15) is 4.79 Å². The topological polar surface area (TPSA) is 37.3 Å². The highest BCUT2D eigenvalue weighted by atomic mass is 16.4. The van der Waals surface area contributed by atoms with Crippen molar-refractivity contribution < 1.29 is 9.90 Å². The van der Waals surface area contributed by atoms with Crippen molar-refractivity contribution in [2.75, 3.05) is 0 Å². The van der Waals surface area contributed by atoms with E-state index in [0.29, 0.717) is 12.3 Å². The standard InChI is InChI=1S/C10H18O2/c1-4-8(3)6-7-9(5-2)10(11)12/h5,8-9H,2,4,6-7H2,1,3H3,(H,11,12). The van der Waals surface area contributed by atoms with Crippen LogP contribution in [0.5, 0.6) is 0 Å². The molecule has 0 rings (SSSR count). The Morgan fingerprint density at radius 2 is 2.17 bits per heavy atom. The summed E-state index contributed by atoms with van der Waals surface area (Å²) >= 11 is 0. The maximum atomic E-state index is 10.6. The number of carboxylic acid groups (broad SMARTS) is 1. The van der Waals surface area contributed by atoms with Gasteiger partial charge in [0.05, 0.1) is 5.92 Å². The molecule has 2 nitrogen and oxygen atoms in total. The molecule has 0 saturated carbocycles. The van der Waals surface area contributed by atoms with Crippen molar-refractivity contribution in [1.29, 1.82) is 0 Å². The summed E-state index contributed by atoms with van der Waals surface area (Å²) < 4.78 is 0. The fraction of sp³-hybridized carbons (Fsp3) is 0.700. The second kappa shape index (κ2) is 5.81. The molecule has 2 heteroatoms. The summed E-state index contributed by atoms with van der Waals surface area (Å²) in [7, 11) is 0. The van der Waals surface area contributed by atoms with Crippen molar-refractivity contribution in [1.82, 2.24) is 0 Å². The van der Waals surface area contributed by atoms with E-state index in [1.807, 2.05) is 0 Å². The monoisotopic (exact) mass is 170 g/mol. The highest BCUT2D eigenvalue weighted by molar-refractivity contribution is 5.71. The molecule has 0 fully saturated rings. The minimum absolute atomic E-state index is 0.362. The lowest BCUT2D eigenvalue weighted by Crippen LogP contribution is -2.11. The molecule has 0 aromatic heterocycles. The Balaban J connectivity index is 3.72. The highest BCUT2D eigenvalue weighted by Gasteiger charge is 2.13. The molecule has 0 bridgehead atoms. The van der Waals surface area contributed by atoms with Crippen LogP contribution in [-0.4, -0.2) is 11.1 Å². The van der Waals surface area contributed by atoms with Gasteiger partial charge in [-0.2, -0.15) is 0 Å². The van der Waals surface area contributed by atoms with Crippen LogP contribution in [0.4, 0.5) is 0 Å². The summed E-state index contributed by atoms with van der Waals surface area (Å²) in [5.74, 6) is -0.501. The number of hydrogen-bond acceptors (Lipinski definition) is 1. The second-order valence-corrected chi connectivity index (χ2v) is 3.27. The molecule has 0 amide bonds. The first-order valence-corrected chi connectivity index (χ1v) is 4.47. The van der Waals surface area contributed by atoms with Gasteiger partial charge in [0.2, 0.25) is 0 Å². The molecule has 2 unspecified atom stereocenters. The summed E-state index contributed by atoms with van der Waals surface area (Å²) in [5, 5.41) is 8.69. The first-order chi connectivity index (χ1) is 5.61. The molecule has 0 spiro atoms. The highest BCUT2D eigenvalue weighted by Crippen LogP contribution is 2.15. The van der Waals surface area contributed by atoms with E-state index in [4.69, 9.17) is 5.11 Å². The van der Waals surface area contributed by atoms with Gasteiger partial charge in [-0.3, -0.25) is 4.79 Å². The molecule has 0 aliphatic heterocycles. The smallest absolute Gasteiger partial charge is 0.310 e. The van der Waals surface area contributed by atoms with Gasteiger partial charge in [0, 0.05) is 0 Å². The Hall–Kier alpha value is -0.790. The van der Waals surface area contributed by atoms with Crippen LogP contribution >= 0.6 is 0 Å². The average Bonchev–Trinajstić information content (AvgIpc) is 2.04. The zero-order valence-corrected chi connectivity index (χ0v) is 7.92. The normalized spacial score (nSPS) is 15.2. The largest absolute Gasteiger partial charge is 0.481 e. The maximum absolute atomic E-state index is 10.6. The zero-order valence-electron chi connectivity index (χ0n) is 7.92. The first kappa shape index (κ1) is 11.2. The third-order valence-electron chi connectivity index (χ3n) is 2.27.